The van der Waals surface area contributed by atoms with Crippen LogP contribution in [0.2, 0.25) is 0 Å². The van der Waals surface area contributed by atoms with Crippen LogP contribution in [0.5, 0.6) is 0 Å². The molecule has 1 saturated heterocycles. The molecule has 0 saturated carbocycles. The zero-order valence-electron chi connectivity index (χ0n) is 10.0. The molecule has 0 aliphatic carbocycles. The van der Waals surface area contributed by atoms with Gasteiger partial charge < -0.3 is 5.32 Å². The topological polar surface area (TPSA) is 28.2 Å². The molecule has 2 heterocycles. The fourth-order valence-electron chi connectivity index (χ4n) is 2.01. The number of rotatable bonds is 3. The van der Waals surface area contributed by atoms with Crippen LogP contribution in [0.25, 0.3) is 0 Å². The van der Waals surface area contributed by atoms with Crippen molar-refractivity contribution in [3.63, 3.8) is 0 Å². The van der Waals surface area contributed by atoms with Crippen LogP contribution >= 0.6 is 40.7 Å². The number of piperazine rings is 1. The number of pyridine rings is 1. The molecule has 1 aromatic rings. The fourth-order valence-corrected chi connectivity index (χ4v) is 2.36. The number of aromatic nitrogens is 1. The second kappa shape index (κ2) is 8.88. The summed E-state index contributed by atoms with van der Waals surface area (Å²) in [7, 11) is 0. The van der Waals surface area contributed by atoms with Crippen LogP contribution in [0.3, 0.4) is 0 Å². The second-order valence-corrected chi connectivity index (χ2v) is 4.66. The molecule has 0 unspecified atom stereocenters. The fraction of sp³-hybridized carbons (Fsp3) is 0.417. The standard InChI is InChI=1S/C12H16BrN3.2ClH/c1-2-11(16-8-6-14-7-9-16)10-4-3-5-12(13)15-10;;/h2-5,11,14H,1,6-9H2;2*1H/t11-;;/m1../s1. The van der Waals surface area contributed by atoms with Crippen LogP contribution < -0.4 is 5.32 Å². The Hall–Kier alpha value is -0.130. The zero-order valence-corrected chi connectivity index (χ0v) is 13.2. The van der Waals surface area contributed by atoms with Gasteiger partial charge in [-0.2, -0.15) is 0 Å². The van der Waals surface area contributed by atoms with Gasteiger partial charge in [-0.3, -0.25) is 4.90 Å². The molecule has 6 heteroatoms. The highest BCUT2D eigenvalue weighted by molar-refractivity contribution is 9.10. The van der Waals surface area contributed by atoms with Crippen molar-refractivity contribution in [1.29, 1.82) is 0 Å². The molecule has 0 amide bonds. The minimum Gasteiger partial charge on any atom is -0.314 e. The Morgan fingerprint density at radius 3 is 2.56 bits per heavy atom. The van der Waals surface area contributed by atoms with E-state index in [2.05, 4.69) is 43.8 Å². The smallest absolute Gasteiger partial charge is 0.106 e. The first kappa shape index (κ1) is 17.9. The van der Waals surface area contributed by atoms with Gasteiger partial charge in [0.15, 0.2) is 0 Å². The summed E-state index contributed by atoms with van der Waals surface area (Å²) in [6.07, 6.45) is 1.97. The lowest BCUT2D eigenvalue weighted by atomic mass is 10.1. The van der Waals surface area contributed by atoms with Crippen molar-refractivity contribution in [3.05, 3.63) is 41.2 Å². The van der Waals surface area contributed by atoms with Crippen LogP contribution in [0.4, 0.5) is 0 Å². The van der Waals surface area contributed by atoms with Gasteiger partial charge in [-0.15, -0.1) is 31.4 Å². The van der Waals surface area contributed by atoms with Crippen LogP contribution in [0.15, 0.2) is 35.5 Å². The van der Waals surface area contributed by atoms with E-state index in [1.54, 1.807) is 0 Å². The van der Waals surface area contributed by atoms with Crippen molar-refractivity contribution < 1.29 is 0 Å². The third-order valence-corrected chi connectivity index (χ3v) is 3.25. The van der Waals surface area contributed by atoms with Crippen molar-refractivity contribution in [1.82, 2.24) is 15.2 Å². The minimum absolute atomic E-state index is 0. The number of hydrogen-bond acceptors (Lipinski definition) is 3. The summed E-state index contributed by atoms with van der Waals surface area (Å²) in [5.74, 6) is 0. The molecule has 0 aromatic carbocycles. The monoisotopic (exact) mass is 353 g/mol. The van der Waals surface area contributed by atoms with Gasteiger partial charge in [0.25, 0.3) is 0 Å². The molecule has 2 rings (SSSR count). The molecule has 102 valence electrons. The van der Waals surface area contributed by atoms with E-state index >= 15 is 0 Å². The molecule has 1 N–H and O–H groups in total. The highest BCUT2D eigenvalue weighted by atomic mass is 79.9. The lowest BCUT2D eigenvalue weighted by molar-refractivity contribution is 0.200. The first-order valence-electron chi connectivity index (χ1n) is 5.51. The van der Waals surface area contributed by atoms with E-state index in [0.717, 1.165) is 36.5 Å². The van der Waals surface area contributed by atoms with Gasteiger partial charge >= 0.3 is 0 Å². The predicted octanol–water partition coefficient (Wildman–Crippen LogP) is 2.82. The SMILES string of the molecule is C=C[C@H](c1cccc(Br)n1)N1CCNCC1.Cl.Cl. The molecule has 0 radical (unpaired) electrons. The molecule has 1 aromatic heterocycles. The van der Waals surface area contributed by atoms with Gasteiger partial charge in [0.1, 0.15) is 4.60 Å². The summed E-state index contributed by atoms with van der Waals surface area (Å²) in [5, 5.41) is 3.35. The van der Waals surface area contributed by atoms with Crippen molar-refractivity contribution in [2.24, 2.45) is 0 Å². The summed E-state index contributed by atoms with van der Waals surface area (Å²) < 4.78 is 0.881. The van der Waals surface area contributed by atoms with Crippen LogP contribution in [0.1, 0.15) is 11.7 Å². The van der Waals surface area contributed by atoms with Crippen LogP contribution in [-0.4, -0.2) is 36.1 Å². The Kier molecular flexibility index (Phi) is 8.82. The van der Waals surface area contributed by atoms with Crippen molar-refractivity contribution in [3.8, 4) is 0 Å². The largest absolute Gasteiger partial charge is 0.314 e. The Morgan fingerprint density at radius 1 is 1.33 bits per heavy atom. The highest BCUT2D eigenvalue weighted by Crippen LogP contribution is 2.21. The van der Waals surface area contributed by atoms with E-state index in [-0.39, 0.29) is 30.9 Å². The summed E-state index contributed by atoms with van der Waals surface area (Å²) in [6.45, 7) is 8.10. The normalized spacial score (nSPS) is 17.2. The van der Waals surface area contributed by atoms with E-state index in [9.17, 15) is 0 Å². The quantitative estimate of drug-likeness (QED) is 0.668. The van der Waals surface area contributed by atoms with Gasteiger partial charge in [0, 0.05) is 26.2 Å². The van der Waals surface area contributed by atoms with E-state index in [0.29, 0.717) is 0 Å². The zero-order chi connectivity index (χ0) is 11.4. The summed E-state index contributed by atoms with van der Waals surface area (Å²) in [5.41, 5.74) is 1.06. The Balaban J connectivity index is 0.00000144. The number of nitrogens with zero attached hydrogens (tertiary/aromatic N) is 2. The molecule has 1 fully saturated rings. The summed E-state index contributed by atoms with van der Waals surface area (Å²) in [4.78, 5) is 6.90. The third kappa shape index (κ3) is 4.52. The molecule has 0 bridgehead atoms. The molecule has 1 atom stereocenters. The lowest BCUT2D eigenvalue weighted by Gasteiger charge is -2.32. The molecule has 0 spiro atoms. The van der Waals surface area contributed by atoms with Crippen molar-refractivity contribution >= 4 is 40.7 Å². The average Bonchev–Trinajstić information content (AvgIpc) is 2.31. The molecule has 1 aliphatic rings. The first-order valence-corrected chi connectivity index (χ1v) is 6.30. The van der Waals surface area contributed by atoms with Crippen molar-refractivity contribution in [2.75, 3.05) is 26.2 Å². The molecule has 18 heavy (non-hydrogen) atoms. The van der Waals surface area contributed by atoms with Gasteiger partial charge in [-0.05, 0) is 28.1 Å². The van der Waals surface area contributed by atoms with Gasteiger partial charge in [-0.1, -0.05) is 12.1 Å². The van der Waals surface area contributed by atoms with E-state index < -0.39 is 0 Å². The highest BCUT2D eigenvalue weighted by Gasteiger charge is 2.20. The maximum absolute atomic E-state index is 4.50. The molecule has 1 aliphatic heterocycles. The maximum Gasteiger partial charge on any atom is 0.106 e. The summed E-state index contributed by atoms with van der Waals surface area (Å²) >= 11 is 3.41. The first-order chi connectivity index (χ1) is 7.81. The number of halogens is 3. The minimum atomic E-state index is 0. The molecular formula is C12H18BrCl2N3. The average molecular weight is 355 g/mol. The van der Waals surface area contributed by atoms with E-state index in [4.69, 9.17) is 0 Å². The Morgan fingerprint density at radius 2 is 2.00 bits per heavy atom. The lowest BCUT2D eigenvalue weighted by Crippen LogP contribution is -2.44. The van der Waals surface area contributed by atoms with Crippen LogP contribution in [-0.2, 0) is 0 Å². The number of hydrogen-bond donors (Lipinski definition) is 1. The Labute approximate surface area is 129 Å². The molecule has 3 nitrogen and oxygen atoms in total. The van der Waals surface area contributed by atoms with Gasteiger partial charge in [0.2, 0.25) is 0 Å². The van der Waals surface area contributed by atoms with Gasteiger partial charge in [0.05, 0.1) is 11.7 Å². The number of nitrogens with one attached hydrogen (secondary N) is 1. The van der Waals surface area contributed by atoms with Crippen LogP contribution in [0, 0.1) is 0 Å². The maximum atomic E-state index is 4.50. The predicted molar refractivity (Wildman–Crippen MR) is 83.8 cm³/mol. The van der Waals surface area contributed by atoms with Gasteiger partial charge in [-0.25, -0.2) is 4.98 Å². The Bertz CT molecular complexity index is 370. The second-order valence-electron chi connectivity index (χ2n) is 3.85. The summed E-state index contributed by atoms with van der Waals surface area (Å²) in [6, 6.07) is 6.24. The van der Waals surface area contributed by atoms with Crippen molar-refractivity contribution in [2.45, 2.75) is 6.04 Å². The third-order valence-electron chi connectivity index (χ3n) is 2.81. The van der Waals surface area contributed by atoms with E-state index in [1.165, 1.54) is 0 Å². The van der Waals surface area contributed by atoms with E-state index in [1.807, 2.05) is 18.2 Å². The molecular weight excluding hydrogens is 337 g/mol.